The second kappa shape index (κ2) is 37.5. The van der Waals surface area contributed by atoms with Gasteiger partial charge >= 0.3 is 19.8 Å². The van der Waals surface area contributed by atoms with E-state index in [9.17, 15) is 19.3 Å². The summed E-state index contributed by atoms with van der Waals surface area (Å²) >= 11 is 0. The molecule has 0 saturated heterocycles. The molecule has 0 aromatic rings. The summed E-state index contributed by atoms with van der Waals surface area (Å²) in [4.78, 5) is 42.7. The van der Waals surface area contributed by atoms with Crippen LogP contribution in [-0.4, -0.2) is 52.3 Å². The van der Waals surface area contributed by atoms with Crippen LogP contribution in [0.15, 0.2) is 85.1 Å². The van der Waals surface area contributed by atoms with E-state index in [1.54, 1.807) is 6.08 Å². The van der Waals surface area contributed by atoms with Gasteiger partial charge in [0.1, 0.15) is 6.61 Å². The van der Waals surface area contributed by atoms with E-state index in [0.29, 0.717) is 25.7 Å². The molecular weight excluding hydrogens is 691 g/mol. The van der Waals surface area contributed by atoms with Crippen LogP contribution in [0.3, 0.4) is 0 Å². The summed E-state index contributed by atoms with van der Waals surface area (Å²) in [6, 6.07) is 0. The smallest absolute Gasteiger partial charge is 0.462 e. The molecule has 302 valence electrons. The lowest BCUT2D eigenvalue weighted by Crippen LogP contribution is -2.29. The molecular formula is C43H71O9P. The fraction of sp³-hybridized carbons (Fsp3) is 0.628. The Balaban J connectivity index is 4.16. The lowest BCUT2D eigenvalue weighted by Gasteiger charge is -2.18. The van der Waals surface area contributed by atoms with Crippen molar-refractivity contribution in [2.45, 2.75) is 161 Å². The first kappa shape index (κ1) is 50.2. The topological polar surface area (TPSA) is 140 Å². The van der Waals surface area contributed by atoms with E-state index in [4.69, 9.17) is 19.3 Å². The van der Waals surface area contributed by atoms with Crippen molar-refractivity contribution in [2.24, 2.45) is 0 Å². The number of phosphoric acid groups is 1. The van der Waals surface area contributed by atoms with E-state index < -0.39 is 38.6 Å². The molecule has 0 saturated carbocycles. The van der Waals surface area contributed by atoms with Gasteiger partial charge in [0.05, 0.1) is 12.7 Å². The number of unbranched alkanes of at least 4 members (excludes halogenated alkanes) is 11. The maximum Gasteiger partial charge on any atom is 0.469 e. The third kappa shape index (κ3) is 40.2. The quantitative estimate of drug-likeness (QED) is 0.0189. The molecule has 1 unspecified atom stereocenters. The highest BCUT2D eigenvalue weighted by Gasteiger charge is 2.22. The summed E-state index contributed by atoms with van der Waals surface area (Å²) in [7, 11) is -4.79. The van der Waals surface area contributed by atoms with Gasteiger partial charge in [-0.2, -0.15) is 0 Å². The molecule has 10 heteroatoms. The summed E-state index contributed by atoms with van der Waals surface area (Å²) in [5.41, 5.74) is 0. The Labute approximate surface area is 321 Å². The maximum atomic E-state index is 12.4. The van der Waals surface area contributed by atoms with Gasteiger partial charge in [0.25, 0.3) is 0 Å². The fourth-order valence-corrected chi connectivity index (χ4v) is 5.37. The number of ether oxygens (including phenoxy) is 2. The number of carbonyl (C=O) groups is 2. The van der Waals surface area contributed by atoms with Gasteiger partial charge in [-0.3, -0.25) is 14.1 Å². The lowest BCUT2D eigenvalue weighted by molar-refractivity contribution is -0.161. The third-order valence-electron chi connectivity index (χ3n) is 7.99. The van der Waals surface area contributed by atoms with Crippen LogP contribution in [0.2, 0.25) is 0 Å². The highest BCUT2D eigenvalue weighted by molar-refractivity contribution is 7.46. The van der Waals surface area contributed by atoms with E-state index in [0.717, 1.165) is 44.9 Å². The van der Waals surface area contributed by atoms with Crippen molar-refractivity contribution >= 4 is 19.8 Å². The Morgan fingerprint density at radius 3 is 1.83 bits per heavy atom. The molecule has 0 bridgehead atoms. The molecule has 0 aliphatic carbocycles. The van der Waals surface area contributed by atoms with Gasteiger partial charge in [0, 0.05) is 12.8 Å². The second-order valence-corrected chi connectivity index (χ2v) is 14.3. The van der Waals surface area contributed by atoms with Crippen molar-refractivity contribution in [3.63, 3.8) is 0 Å². The highest BCUT2D eigenvalue weighted by Crippen LogP contribution is 2.36. The Bertz CT molecular complexity index is 1150. The molecule has 0 aromatic carbocycles. The minimum atomic E-state index is -4.79. The summed E-state index contributed by atoms with van der Waals surface area (Å²) < 4.78 is 26.2. The van der Waals surface area contributed by atoms with E-state index in [2.05, 4.69) is 48.8 Å². The Morgan fingerprint density at radius 1 is 0.604 bits per heavy atom. The van der Waals surface area contributed by atoms with Gasteiger partial charge in [0.15, 0.2) is 6.10 Å². The molecule has 0 aliphatic heterocycles. The predicted octanol–water partition coefficient (Wildman–Crippen LogP) is 11.0. The molecule has 0 heterocycles. The first-order valence-corrected chi connectivity index (χ1v) is 21.5. The van der Waals surface area contributed by atoms with Crippen LogP contribution in [0.1, 0.15) is 149 Å². The van der Waals surface area contributed by atoms with Crippen LogP contribution in [-0.2, 0) is 28.2 Å². The van der Waals surface area contributed by atoms with Crippen molar-refractivity contribution in [3.8, 4) is 0 Å². The monoisotopic (exact) mass is 762 g/mol. The normalized spacial score (nSPS) is 14.0. The second-order valence-electron chi connectivity index (χ2n) is 13.1. The van der Waals surface area contributed by atoms with Crippen LogP contribution in [0.5, 0.6) is 0 Å². The summed E-state index contributed by atoms with van der Waals surface area (Å²) in [5, 5.41) is 9.96. The summed E-state index contributed by atoms with van der Waals surface area (Å²) in [5.74, 6) is -1.03. The van der Waals surface area contributed by atoms with Gasteiger partial charge in [-0.05, 0) is 70.6 Å². The number of phosphoric ester groups is 1. The molecule has 0 spiro atoms. The number of hydrogen-bond acceptors (Lipinski definition) is 7. The highest BCUT2D eigenvalue weighted by atomic mass is 31.2. The first-order valence-electron chi connectivity index (χ1n) is 20.0. The van der Waals surface area contributed by atoms with Gasteiger partial charge in [-0.1, -0.05) is 150 Å². The van der Waals surface area contributed by atoms with Crippen LogP contribution >= 0.6 is 7.82 Å². The zero-order chi connectivity index (χ0) is 39.1. The maximum absolute atomic E-state index is 12.4. The molecule has 2 atom stereocenters. The van der Waals surface area contributed by atoms with Crippen LogP contribution in [0.25, 0.3) is 0 Å². The molecule has 0 rings (SSSR count). The molecule has 9 nitrogen and oxygen atoms in total. The Kier molecular flexibility index (Phi) is 35.5. The Morgan fingerprint density at radius 2 is 1.17 bits per heavy atom. The standard InChI is InChI=1S/C43H71O9P/c1-3-5-7-9-11-12-13-14-15-16-17-22-25-29-33-37-43(46)52-41(39-51-53(47,48)49)38-50-42(45)36-32-28-24-21-19-18-20-23-27-31-35-40(44)34-30-26-10-8-6-4-2/h6,8,12-13,18-19,23-24,26-28,30-31,35,40-41,44H,3-5,7,9-11,14-17,20-22,25,29,32-34,36-39H2,1-2H3,(H2,47,48,49)/b8-6-,13-12-,19-18-,27-23-,28-24-,30-26-,35-31+/t40?,41-/m1/s1. The summed E-state index contributed by atoms with van der Waals surface area (Å²) in [6.45, 7) is 3.41. The van der Waals surface area contributed by atoms with Crippen LogP contribution in [0, 0.1) is 0 Å². The number of rotatable bonds is 35. The van der Waals surface area contributed by atoms with E-state index in [1.165, 1.54) is 51.4 Å². The van der Waals surface area contributed by atoms with Gasteiger partial charge < -0.3 is 24.4 Å². The van der Waals surface area contributed by atoms with E-state index >= 15 is 0 Å². The average Bonchev–Trinajstić information content (AvgIpc) is 3.12. The number of allylic oxidation sites excluding steroid dienone is 12. The first-order chi connectivity index (χ1) is 25.7. The fourth-order valence-electron chi connectivity index (χ4n) is 5.01. The molecule has 0 aromatic heterocycles. The van der Waals surface area contributed by atoms with Crippen molar-refractivity contribution in [1.82, 2.24) is 0 Å². The molecule has 0 radical (unpaired) electrons. The molecule has 0 aliphatic rings. The third-order valence-corrected chi connectivity index (χ3v) is 8.48. The van der Waals surface area contributed by atoms with Crippen LogP contribution < -0.4 is 0 Å². The number of aliphatic hydroxyl groups is 1. The lowest BCUT2D eigenvalue weighted by atomic mass is 10.1. The van der Waals surface area contributed by atoms with Crippen molar-refractivity contribution in [2.75, 3.05) is 13.2 Å². The molecule has 3 N–H and O–H groups in total. The Hall–Kier alpha value is -2.81. The van der Waals surface area contributed by atoms with E-state index in [1.807, 2.05) is 48.6 Å². The zero-order valence-electron chi connectivity index (χ0n) is 32.7. The molecule has 0 amide bonds. The van der Waals surface area contributed by atoms with Crippen molar-refractivity contribution in [3.05, 3.63) is 85.1 Å². The predicted molar refractivity (Wildman–Crippen MR) is 217 cm³/mol. The van der Waals surface area contributed by atoms with Crippen LogP contribution in [0.4, 0.5) is 0 Å². The average molecular weight is 763 g/mol. The molecule has 53 heavy (non-hydrogen) atoms. The van der Waals surface area contributed by atoms with Gasteiger partial charge in [0.2, 0.25) is 0 Å². The summed E-state index contributed by atoms with van der Waals surface area (Å²) in [6.07, 6.45) is 46.3. The number of aliphatic hydroxyl groups excluding tert-OH is 1. The van der Waals surface area contributed by atoms with Crippen molar-refractivity contribution in [1.29, 1.82) is 0 Å². The minimum absolute atomic E-state index is 0.114. The van der Waals surface area contributed by atoms with Gasteiger partial charge in [-0.15, -0.1) is 0 Å². The van der Waals surface area contributed by atoms with E-state index in [-0.39, 0.29) is 19.4 Å². The minimum Gasteiger partial charge on any atom is -0.462 e. The van der Waals surface area contributed by atoms with Gasteiger partial charge in [-0.25, -0.2) is 4.57 Å². The number of esters is 2. The number of carbonyl (C=O) groups excluding carboxylic acids is 2. The number of hydrogen-bond donors (Lipinski definition) is 3. The van der Waals surface area contributed by atoms with Crippen molar-refractivity contribution < 1.29 is 43.0 Å². The largest absolute Gasteiger partial charge is 0.469 e. The zero-order valence-corrected chi connectivity index (χ0v) is 33.6. The SMILES string of the molecule is CC/C=C\C/C=C\CC(O)/C=C/C=C\C/C=C\C/C=C\CCC(=O)OC[C@H](COP(=O)(O)O)OC(=O)CCCCCCCCC/C=C\CCCCCC. The molecule has 0 fully saturated rings.